The molecule has 20 heteroatoms. The first kappa shape index (κ1) is 47.1. The van der Waals surface area contributed by atoms with Gasteiger partial charge in [-0.3, -0.25) is 38.5 Å². The van der Waals surface area contributed by atoms with Crippen LogP contribution in [-0.2, 0) is 54.2 Å². The van der Waals surface area contributed by atoms with Gasteiger partial charge in [0.15, 0.2) is 0 Å². The Balaban J connectivity index is 0.000000260. The smallest absolute Gasteiger partial charge is 0.333 e. The predicted molar refractivity (Wildman–Crippen MR) is 222 cm³/mol. The van der Waals surface area contributed by atoms with Crippen molar-refractivity contribution in [3.8, 4) is 11.4 Å². The molecule has 63 heavy (non-hydrogen) atoms. The molecule has 0 aliphatic carbocycles. The van der Waals surface area contributed by atoms with Crippen molar-refractivity contribution in [1.29, 1.82) is 0 Å². The van der Waals surface area contributed by atoms with Crippen LogP contribution in [0.2, 0.25) is 0 Å². The van der Waals surface area contributed by atoms with Gasteiger partial charge in [-0.15, -0.1) is 17.2 Å². The van der Waals surface area contributed by atoms with E-state index < -0.39 is 51.5 Å². The van der Waals surface area contributed by atoms with Crippen molar-refractivity contribution in [3.63, 3.8) is 0 Å². The van der Waals surface area contributed by atoms with Crippen molar-refractivity contribution < 1.29 is 61.9 Å². The second-order valence-corrected chi connectivity index (χ2v) is 14.8. The number of nitrogens with one attached hydrogen (secondary N) is 2. The molecule has 4 amide bonds. The molecule has 18 nitrogen and oxygen atoms in total. The van der Waals surface area contributed by atoms with E-state index >= 15 is 0 Å². The van der Waals surface area contributed by atoms with Crippen LogP contribution in [0.15, 0.2) is 128 Å². The van der Waals surface area contributed by atoms with E-state index in [9.17, 15) is 36.9 Å². The van der Waals surface area contributed by atoms with Gasteiger partial charge in [-0.05, 0) is 48.5 Å². The molecule has 0 saturated carbocycles. The maximum absolute atomic E-state index is 13.1. The molecule has 0 spiro atoms. The van der Waals surface area contributed by atoms with Gasteiger partial charge in [0, 0.05) is 93.9 Å². The van der Waals surface area contributed by atoms with E-state index in [1.165, 1.54) is 12.3 Å². The quantitative estimate of drug-likeness (QED) is 0.0552. The van der Waals surface area contributed by atoms with E-state index in [0.717, 1.165) is 16.8 Å². The van der Waals surface area contributed by atoms with E-state index in [2.05, 4.69) is 42.9 Å². The van der Waals surface area contributed by atoms with Gasteiger partial charge in [0.1, 0.15) is 6.04 Å². The van der Waals surface area contributed by atoms with Crippen LogP contribution in [-0.4, -0.2) is 95.5 Å². The fourth-order valence-electron chi connectivity index (χ4n) is 5.98. The molecule has 7 aromatic rings. The number of hydrogen-bond donors (Lipinski definition) is 2. The Labute approximate surface area is 374 Å². The van der Waals surface area contributed by atoms with Crippen LogP contribution in [0, 0.1) is 12.1 Å². The van der Waals surface area contributed by atoms with Gasteiger partial charge in [0.25, 0.3) is 17.7 Å². The van der Waals surface area contributed by atoms with Crippen LogP contribution in [0.3, 0.4) is 0 Å². The number of carbonyl (C=O) groups excluding carboxylic acids is 5. The summed E-state index contributed by atoms with van der Waals surface area (Å²) < 4.78 is 37.9. The monoisotopic (exact) mass is 1050 g/mol. The van der Waals surface area contributed by atoms with Crippen LogP contribution in [0.5, 0.6) is 0 Å². The Kier molecular flexibility index (Phi) is 17.0. The SMILES string of the molecule is O=C(CCCCNC(=O)C(CS(=O)(=O)[O-])NC(=O)c1ccnc2c1ccc1cccnc12)ON1C(=O)CCC1=O.[Ir].[c-]1ccccc1-n1cccn1.[c-]1ccccc1-n1cccn1. The van der Waals surface area contributed by atoms with Crippen molar-refractivity contribution in [2.75, 3.05) is 12.3 Å². The maximum atomic E-state index is 13.1. The third-order valence-corrected chi connectivity index (χ3v) is 9.66. The van der Waals surface area contributed by atoms with E-state index in [4.69, 9.17) is 4.84 Å². The molecule has 1 saturated heterocycles. The van der Waals surface area contributed by atoms with Crippen LogP contribution in [0.25, 0.3) is 33.2 Å². The Morgan fingerprint density at radius 2 is 1.40 bits per heavy atom. The Hall–Kier alpha value is -6.99. The van der Waals surface area contributed by atoms with Crippen LogP contribution < -0.4 is 10.6 Å². The number of benzene rings is 3. The third-order valence-electron chi connectivity index (χ3n) is 8.91. The summed E-state index contributed by atoms with van der Waals surface area (Å²) in [4.78, 5) is 74.0. The van der Waals surface area contributed by atoms with Crippen LogP contribution in [0.1, 0.15) is 42.5 Å². The molecule has 1 atom stereocenters. The number of pyridine rings is 2. The maximum Gasteiger partial charge on any atom is 0.333 e. The van der Waals surface area contributed by atoms with Crippen molar-refractivity contribution in [1.82, 2.24) is 45.2 Å². The number of hydroxylamine groups is 2. The largest absolute Gasteiger partial charge is 0.748 e. The zero-order chi connectivity index (χ0) is 43.9. The number of nitrogens with zero attached hydrogens (tertiary/aromatic N) is 7. The molecule has 327 valence electrons. The van der Waals surface area contributed by atoms with Crippen LogP contribution >= 0.6 is 0 Å². The summed E-state index contributed by atoms with van der Waals surface area (Å²) in [5.41, 5.74) is 3.02. The standard InChI is InChI=1S/C25H25N5O9S.2C9H7N2.Ir/c31-19-8-9-20(32)30(19)39-21(33)5-1-2-11-28-25(35)18(14-40(36,37)38)29-24(34)17-10-13-27-23-16(17)7-6-15-4-3-12-26-22(15)23;2*1-2-5-9(6-3-1)11-8-4-7-10-11;/h3-4,6-7,10,12-13,18H,1-2,5,8-9,11,14H2,(H,28,35)(H,29,34)(H,36,37,38);2*1-5,7-8H;/q;2*-1;/p-1. The van der Waals surface area contributed by atoms with E-state index in [1.807, 2.05) is 79.1 Å². The van der Waals surface area contributed by atoms with E-state index in [0.29, 0.717) is 21.5 Å². The third kappa shape index (κ3) is 13.5. The minimum absolute atomic E-state index is 0. The number of para-hydroxylation sites is 2. The average Bonchev–Trinajstić information content (AvgIpc) is 4.09. The second kappa shape index (κ2) is 22.7. The minimum Gasteiger partial charge on any atom is -0.748 e. The number of imide groups is 1. The van der Waals surface area contributed by atoms with Crippen molar-refractivity contribution in [2.24, 2.45) is 0 Å². The molecule has 1 aliphatic heterocycles. The molecule has 0 bridgehead atoms. The van der Waals surface area contributed by atoms with Gasteiger partial charge in [0.05, 0.1) is 32.5 Å². The summed E-state index contributed by atoms with van der Waals surface area (Å²) in [5.74, 6) is -4.88. The zero-order valence-electron chi connectivity index (χ0n) is 33.2. The number of aromatic nitrogens is 6. The Bertz CT molecular complexity index is 2660. The van der Waals surface area contributed by atoms with Gasteiger partial charge >= 0.3 is 5.97 Å². The summed E-state index contributed by atoms with van der Waals surface area (Å²) in [6, 6.07) is 32.1. The van der Waals surface area contributed by atoms with Gasteiger partial charge in [0.2, 0.25) is 5.91 Å². The summed E-state index contributed by atoms with van der Waals surface area (Å²) in [6.07, 6.45) is 10.5. The van der Waals surface area contributed by atoms with E-state index in [1.54, 1.807) is 46.2 Å². The minimum atomic E-state index is -4.90. The fourth-order valence-corrected chi connectivity index (χ4v) is 6.63. The first-order valence-electron chi connectivity index (χ1n) is 19.1. The second-order valence-electron chi connectivity index (χ2n) is 13.3. The summed E-state index contributed by atoms with van der Waals surface area (Å²) in [5, 5.41) is 14.5. The normalized spacial score (nSPS) is 12.6. The topological polar surface area (TPSA) is 240 Å². The first-order chi connectivity index (χ1) is 30.0. The molecule has 4 aromatic heterocycles. The molecule has 1 radical (unpaired) electrons. The molecule has 5 heterocycles. The molecule has 8 rings (SSSR count). The fraction of sp³-hybridized carbons (Fsp3) is 0.186. The Morgan fingerprint density at radius 3 is 1.97 bits per heavy atom. The average molecular weight is 1050 g/mol. The number of hydrogen-bond acceptors (Lipinski definition) is 13. The predicted octanol–water partition coefficient (Wildman–Crippen LogP) is 3.66. The number of rotatable bonds is 13. The van der Waals surface area contributed by atoms with Gasteiger partial charge < -0.3 is 20.0 Å². The number of amides is 4. The first-order valence-corrected chi connectivity index (χ1v) is 20.7. The summed E-state index contributed by atoms with van der Waals surface area (Å²) in [6.45, 7) is -0.0190. The Morgan fingerprint density at radius 1 is 0.762 bits per heavy atom. The van der Waals surface area contributed by atoms with Crippen molar-refractivity contribution in [3.05, 3.63) is 146 Å². The van der Waals surface area contributed by atoms with Crippen LogP contribution in [0.4, 0.5) is 0 Å². The van der Waals surface area contributed by atoms with Gasteiger partial charge in [-0.25, -0.2) is 13.2 Å². The van der Waals surface area contributed by atoms with Gasteiger partial charge in [-0.1, -0.05) is 18.2 Å². The summed E-state index contributed by atoms with van der Waals surface area (Å²) in [7, 11) is -4.90. The molecular weight excluding hydrogens is 1010 g/mol. The van der Waals surface area contributed by atoms with Gasteiger partial charge in [-0.2, -0.15) is 58.7 Å². The van der Waals surface area contributed by atoms with E-state index in [-0.39, 0.29) is 64.3 Å². The molecular formula is C43H38IrN9O9S-3. The number of unbranched alkanes of at least 4 members (excludes halogenated alkanes) is 1. The zero-order valence-corrected chi connectivity index (χ0v) is 36.4. The number of carbonyl (C=O) groups is 5. The molecule has 1 fully saturated rings. The van der Waals surface area contributed by atoms with Crippen molar-refractivity contribution in [2.45, 2.75) is 38.1 Å². The number of fused-ring (bicyclic) bond motifs is 3. The molecule has 1 aliphatic rings. The molecule has 3 aromatic carbocycles. The van der Waals surface area contributed by atoms with Crippen molar-refractivity contribution >= 4 is 61.5 Å². The molecule has 2 N–H and O–H groups in total. The summed E-state index contributed by atoms with van der Waals surface area (Å²) >= 11 is 0. The molecule has 1 unspecified atom stereocenters.